The van der Waals surface area contributed by atoms with Crippen LogP contribution < -0.4 is 16.0 Å². The molecule has 3 N–H and O–H groups in total. The summed E-state index contributed by atoms with van der Waals surface area (Å²) in [6.07, 6.45) is 0.976. The second kappa shape index (κ2) is 7.71. The molecule has 7 nitrogen and oxygen atoms in total. The van der Waals surface area contributed by atoms with E-state index >= 15 is 0 Å². The summed E-state index contributed by atoms with van der Waals surface area (Å²) < 4.78 is 28.2. The predicted octanol–water partition coefficient (Wildman–Crippen LogP) is -0.0569. The molecule has 0 aliphatic rings. The number of aromatic nitrogens is 2. The number of nitrogens with one attached hydrogen (secondary N) is 1. The van der Waals surface area contributed by atoms with Crippen LogP contribution in [-0.4, -0.2) is 43.5 Å². The first kappa shape index (κ1) is 13.6. The van der Waals surface area contributed by atoms with Gasteiger partial charge in [-0.2, -0.15) is 9.37 Å². The zero-order valence-electron chi connectivity index (χ0n) is 9.48. The minimum atomic E-state index is -0.652. The molecule has 0 saturated carbocycles. The van der Waals surface area contributed by atoms with E-state index in [4.69, 9.17) is 20.1 Å². The van der Waals surface area contributed by atoms with Gasteiger partial charge in [0.05, 0.1) is 26.0 Å². The largest absolute Gasteiger partial charge is 0.473 e. The first-order valence-electron chi connectivity index (χ1n) is 4.96. The third-order valence-corrected chi connectivity index (χ3v) is 1.74. The second-order valence-corrected chi connectivity index (χ2v) is 2.94. The lowest BCUT2D eigenvalue weighted by Crippen LogP contribution is -2.14. The first-order valence-corrected chi connectivity index (χ1v) is 4.96. The molecule has 17 heavy (non-hydrogen) atoms. The lowest BCUT2D eigenvalue weighted by Gasteiger charge is -2.07. The standard InChI is InChI=1S/C9H15FN4O3/c1-15-2-3-16-4-5-17-8-7(10)6-12-9(13-8)14-11/h6H,2-5,11H2,1H3,(H,12,13,14). The molecule has 0 spiro atoms. The Morgan fingerprint density at radius 1 is 1.35 bits per heavy atom. The zero-order valence-corrected chi connectivity index (χ0v) is 9.48. The van der Waals surface area contributed by atoms with Crippen LogP contribution in [-0.2, 0) is 9.47 Å². The molecule has 0 unspecified atom stereocenters. The molecule has 0 amide bonds. The van der Waals surface area contributed by atoms with Crippen molar-refractivity contribution in [1.82, 2.24) is 9.97 Å². The van der Waals surface area contributed by atoms with Crippen molar-refractivity contribution in [3.8, 4) is 5.88 Å². The Labute approximate surface area is 98.1 Å². The Morgan fingerprint density at radius 2 is 2.12 bits per heavy atom. The van der Waals surface area contributed by atoms with Gasteiger partial charge in [-0.25, -0.2) is 10.8 Å². The molecule has 0 fully saturated rings. The van der Waals surface area contributed by atoms with Crippen molar-refractivity contribution in [2.45, 2.75) is 0 Å². The molecule has 0 aliphatic heterocycles. The van der Waals surface area contributed by atoms with Crippen LogP contribution >= 0.6 is 0 Å². The van der Waals surface area contributed by atoms with Gasteiger partial charge in [0.2, 0.25) is 11.8 Å². The van der Waals surface area contributed by atoms with Crippen molar-refractivity contribution in [2.24, 2.45) is 5.84 Å². The van der Waals surface area contributed by atoms with Crippen LogP contribution in [0.3, 0.4) is 0 Å². The molecule has 8 heteroatoms. The van der Waals surface area contributed by atoms with Gasteiger partial charge in [-0.05, 0) is 0 Å². The molecule has 96 valence electrons. The predicted molar refractivity (Wildman–Crippen MR) is 58.0 cm³/mol. The monoisotopic (exact) mass is 246 g/mol. The molecule has 0 aromatic carbocycles. The highest BCUT2D eigenvalue weighted by Crippen LogP contribution is 2.13. The summed E-state index contributed by atoms with van der Waals surface area (Å²) in [6, 6.07) is 0. The fourth-order valence-electron chi connectivity index (χ4n) is 0.964. The second-order valence-electron chi connectivity index (χ2n) is 2.94. The van der Waals surface area contributed by atoms with Crippen molar-refractivity contribution in [1.29, 1.82) is 0 Å². The summed E-state index contributed by atoms with van der Waals surface area (Å²) in [7, 11) is 1.58. The van der Waals surface area contributed by atoms with Crippen molar-refractivity contribution >= 4 is 5.95 Å². The molecule has 1 heterocycles. The number of methoxy groups -OCH3 is 1. The normalized spacial score (nSPS) is 10.3. The molecule has 0 atom stereocenters. The average Bonchev–Trinajstić information content (AvgIpc) is 2.35. The van der Waals surface area contributed by atoms with Gasteiger partial charge in [0.15, 0.2) is 0 Å². The van der Waals surface area contributed by atoms with E-state index in [1.165, 1.54) is 0 Å². The van der Waals surface area contributed by atoms with Crippen LogP contribution in [0.4, 0.5) is 10.3 Å². The Kier molecular flexibility index (Phi) is 6.15. The Balaban J connectivity index is 2.30. The number of hydrogen-bond donors (Lipinski definition) is 2. The fourth-order valence-corrected chi connectivity index (χ4v) is 0.964. The van der Waals surface area contributed by atoms with Crippen LogP contribution in [0, 0.1) is 5.82 Å². The zero-order chi connectivity index (χ0) is 12.5. The van der Waals surface area contributed by atoms with E-state index in [1.807, 2.05) is 0 Å². The number of halogens is 1. The number of anilines is 1. The lowest BCUT2D eigenvalue weighted by atomic mass is 10.6. The summed E-state index contributed by atoms with van der Waals surface area (Å²) in [6.45, 7) is 1.46. The Hall–Kier alpha value is -1.51. The summed E-state index contributed by atoms with van der Waals surface area (Å²) in [5, 5.41) is 0. The highest BCUT2D eigenvalue weighted by molar-refractivity contribution is 5.26. The summed E-state index contributed by atoms with van der Waals surface area (Å²) >= 11 is 0. The van der Waals surface area contributed by atoms with Crippen LogP contribution in [0.2, 0.25) is 0 Å². The van der Waals surface area contributed by atoms with Gasteiger partial charge >= 0.3 is 0 Å². The molecular weight excluding hydrogens is 231 g/mol. The van der Waals surface area contributed by atoms with Gasteiger partial charge in [0.1, 0.15) is 6.61 Å². The Bertz CT molecular complexity index is 340. The summed E-state index contributed by atoms with van der Waals surface area (Å²) in [4.78, 5) is 7.28. The van der Waals surface area contributed by atoms with Crippen LogP contribution in [0.1, 0.15) is 0 Å². The van der Waals surface area contributed by atoms with E-state index in [-0.39, 0.29) is 18.4 Å². The average molecular weight is 246 g/mol. The Morgan fingerprint density at radius 3 is 2.82 bits per heavy atom. The van der Waals surface area contributed by atoms with Crippen molar-refractivity contribution in [3.05, 3.63) is 12.0 Å². The van der Waals surface area contributed by atoms with Gasteiger partial charge in [-0.3, -0.25) is 5.43 Å². The number of nitrogens with zero attached hydrogens (tertiary/aromatic N) is 2. The lowest BCUT2D eigenvalue weighted by molar-refractivity contribution is 0.0529. The first-order chi connectivity index (χ1) is 8.27. The van der Waals surface area contributed by atoms with Crippen LogP contribution in [0.5, 0.6) is 5.88 Å². The third kappa shape index (κ3) is 4.89. The minimum Gasteiger partial charge on any atom is -0.473 e. The van der Waals surface area contributed by atoms with E-state index in [1.54, 1.807) is 7.11 Å². The van der Waals surface area contributed by atoms with E-state index in [0.717, 1.165) is 6.20 Å². The summed E-state index contributed by atoms with van der Waals surface area (Å²) in [5.74, 6) is 4.36. The van der Waals surface area contributed by atoms with Crippen LogP contribution in [0.25, 0.3) is 0 Å². The number of nitrogen functional groups attached to an aromatic ring is 1. The van der Waals surface area contributed by atoms with Gasteiger partial charge < -0.3 is 14.2 Å². The SMILES string of the molecule is COCCOCCOc1nc(NN)ncc1F. The minimum absolute atomic E-state index is 0.0849. The fraction of sp³-hybridized carbons (Fsp3) is 0.556. The maximum Gasteiger partial charge on any atom is 0.255 e. The smallest absolute Gasteiger partial charge is 0.255 e. The maximum atomic E-state index is 13.2. The maximum absolute atomic E-state index is 13.2. The number of hydrazine groups is 1. The molecule has 1 aromatic rings. The topological polar surface area (TPSA) is 91.5 Å². The molecule has 0 saturated heterocycles. The van der Waals surface area contributed by atoms with Gasteiger partial charge in [0.25, 0.3) is 5.88 Å². The van der Waals surface area contributed by atoms with Crippen molar-refractivity contribution in [2.75, 3.05) is 39.0 Å². The van der Waals surface area contributed by atoms with Crippen LogP contribution in [0.15, 0.2) is 6.20 Å². The number of rotatable bonds is 8. The van der Waals surface area contributed by atoms with E-state index in [2.05, 4.69) is 15.4 Å². The number of nitrogens with two attached hydrogens (primary N) is 1. The molecule has 1 aromatic heterocycles. The summed E-state index contributed by atoms with van der Waals surface area (Å²) in [5.41, 5.74) is 2.20. The van der Waals surface area contributed by atoms with E-state index in [9.17, 15) is 4.39 Å². The third-order valence-electron chi connectivity index (χ3n) is 1.74. The highest BCUT2D eigenvalue weighted by atomic mass is 19.1. The quantitative estimate of drug-likeness (QED) is 0.377. The molecule has 0 aliphatic carbocycles. The number of hydrogen-bond acceptors (Lipinski definition) is 7. The van der Waals surface area contributed by atoms with E-state index < -0.39 is 5.82 Å². The highest BCUT2D eigenvalue weighted by Gasteiger charge is 2.07. The van der Waals surface area contributed by atoms with E-state index in [0.29, 0.717) is 19.8 Å². The van der Waals surface area contributed by atoms with Gasteiger partial charge in [-0.15, -0.1) is 0 Å². The van der Waals surface area contributed by atoms with Gasteiger partial charge in [-0.1, -0.05) is 0 Å². The number of ether oxygens (including phenoxy) is 3. The molecular formula is C9H15FN4O3. The molecule has 0 bridgehead atoms. The van der Waals surface area contributed by atoms with Gasteiger partial charge in [0, 0.05) is 7.11 Å². The molecule has 1 rings (SSSR count). The molecule has 0 radical (unpaired) electrons. The van der Waals surface area contributed by atoms with Crippen molar-refractivity contribution < 1.29 is 18.6 Å². The van der Waals surface area contributed by atoms with Crippen molar-refractivity contribution in [3.63, 3.8) is 0 Å².